The number of nitrogens with zero attached hydrogens (tertiary/aromatic N) is 2. The molecule has 0 aromatic carbocycles. The maximum atomic E-state index is 12.7. The number of aliphatic carboxylic acids is 1. The Kier molecular flexibility index (Phi) is 4.33. The van der Waals surface area contributed by atoms with Crippen LogP contribution < -0.4 is 0 Å². The van der Waals surface area contributed by atoms with Crippen molar-refractivity contribution in [1.82, 2.24) is 9.78 Å². The molecule has 1 rings (SSSR count). The van der Waals surface area contributed by atoms with Crippen molar-refractivity contribution in [2.75, 3.05) is 6.61 Å². The zero-order chi connectivity index (χ0) is 13.9. The zero-order valence-corrected chi connectivity index (χ0v) is 9.61. The van der Waals surface area contributed by atoms with Gasteiger partial charge in [0.05, 0.1) is 19.1 Å². The largest absolute Gasteiger partial charge is 0.481 e. The van der Waals surface area contributed by atoms with E-state index in [2.05, 4.69) is 5.10 Å². The van der Waals surface area contributed by atoms with Gasteiger partial charge in [-0.3, -0.25) is 9.48 Å². The highest BCUT2D eigenvalue weighted by molar-refractivity contribution is 5.76. The molecule has 2 N–H and O–H groups in total. The van der Waals surface area contributed by atoms with E-state index >= 15 is 0 Å². The Morgan fingerprint density at radius 2 is 2.17 bits per heavy atom. The molecule has 18 heavy (non-hydrogen) atoms. The van der Waals surface area contributed by atoms with Gasteiger partial charge in [-0.2, -0.15) is 18.3 Å². The van der Waals surface area contributed by atoms with Crippen LogP contribution in [0.25, 0.3) is 0 Å². The van der Waals surface area contributed by atoms with Crippen molar-refractivity contribution in [2.24, 2.45) is 0 Å². The molecule has 1 aromatic heterocycles. The summed E-state index contributed by atoms with van der Waals surface area (Å²) >= 11 is 0. The number of halogens is 3. The average Bonchev–Trinajstić information content (AvgIpc) is 2.62. The van der Waals surface area contributed by atoms with Gasteiger partial charge in [-0.25, -0.2) is 0 Å². The Balaban J connectivity index is 3.26. The van der Waals surface area contributed by atoms with Gasteiger partial charge in [0.2, 0.25) is 0 Å². The lowest BCUT2D eigenvalue weighted by atomic mass is 9.97. The fourth-order valence-corrected chi connectivity index (χ4v) is 1.66. The molecule has 102 valence electrons. The van der Waals surface area contributed by atoms with Gasteiger partial charge in [-0.15, -0.1) is 0 Å². The van der Waals surface area contributed by atoms with Crippen LogP contribution in [0, 0.1) is 0 Å². The van der Waals surface area contributed by atoms with E-state index in [0.29, 0.717) is 0 Å². The zero-order valence-electron chi connectivity index (χ0n) is 9.61. The van der Waals surface area contributed by atoms with Gasteiger partial charge in [0.1, 0.15) is 0 Å². The summed E-state index contributed by atoms with van der Waals surface area (Å²) in [6.07, 6.45) is -3.65. The third-order valence-corrected chi connectivity index (χ3v) is 2.47. The summed E-state index contributed by atoms with van der Waals surface area (Å²) < 4.78 is 39.1. The molecular weight excluding hydrogens is 253 g/mol. The van der Waals surface area contributed by atoms with Gasteiger partial charge in [0.15, 0.2) is 5.69 Å². The van der Waals surface area contributed by atoms with Crippen LogP contribution in [-0.4, -0.2) is 32.6 Å². The minimum atomic E-state index is -4.71. The molecule has 0 aliphatic rings. The number of aliphatic hydroxyl groups excluding tert-OH is 1. The number of hydrogen-bond donors (Lipinski definition) is 2. The molecule has 0 aliphatic carbocycles. The Labute approximate surface area is 101 Å². The van der Waals surface area contributed by atoms with Crippen molar-refractivity contribution >= 4 is 5.97 Å². The van der Waals surface area contributed by atoms with E-state index in [1.54, 1.807) is 0 Å². The number of alkyl halides is 3. The van der Waals surface area contributed by atoms with Gasteiger partial charge in [0, 0.05) is 11.8 Å². The summed E-state index contributed by atoms with van der Waals surface area (Å²) in [7, 11) is 0. The van der Waals surface area contributed by atoms with Gasteiger partial charge >= 0.3 is 12.1 Å². The summed E-state index contributed by atoms with van der Waals surface area (Å²) in [5, 5.41) is 20.9. The summed E-state index contributed by atoms with van der Waals surface area (Å²) in [4.78, 5) is 10.9. The standard InChI is InChI=1S/C10H13F3N2O3/c1-2-6(9(17)18)7-5-15(3-4-16)14-8(7)10(11,12)13/h5-6,16H,2-4H2,1H3,(H,17,18). The highest BCUT2D eigenvalue weighted by atomic mass is 19.4. The highest BCUT2D eigenvalue weighted by Gasteiger charge is 2.40. The van der Waals surface area contributed by atoms with Crippen LogP contribution in [0.5, 0.6) is 0 Å². The smallest absolute Gasteiger partial charge is 0.435 e. The maximum Gasteiger partial charge on any atom is 0.435 e. The number of carboxylic acids is 1. The summed E-state index contributed by atoms with van der Waals surface area (Å²) in [6, 6.07) is 0. The first-order valence-electron chi connectivity index (χ1n) is 5.29. The molecule has 0 saturated heterocycles. The van der Waals surface area contributed by atoms with Crippen LogP contribution in [0.3, 0.4) is 0 Å². The van der Waals surface area contributed by atoms with E-state index in [-0.39, 0.29) is 25.1 Å². The van der Waals surface area contributed by atoms with Crippen molar-refractivity contribution in [3.63, 3.8) is 0 Å². The van der Waals surface area contributed by atoms with Crippen LogP contribution in [0.2, 0.25) is 0 Å². The number of aromatic nitrogens is 2. The molecule has 1 aromatic rings. The second-order valence-corrected chi connectivity index (χ2v) is 3.72. The lowest BCUT2D eigenvalue weighted by Crippen LogP contribution is -2.16. The first-order chi connectivity index (χ1) is 8.31. The molecule has 8 heteroatoms. The second kappa shape index (κ2) is 5.38. The van der Waals surface area contributed by atoms with Gasteiger partial charge in [-0.1, -0.05) is 6.92 Å². The minimum Gasteiger partial charge on any atom is -0.481 e. The second-order valence-electron chi connectivity index (χ2n) is 3.72. The normalized spacial score (nSPS) is 13.6. The Morgan fingerprint density at radius 1 is 1.56 bits per heavy atom. The van der Waals surface area contributed by atoms with Crippen LogP contribution in [0.15, 0.2) is 6.20 Å². The van der Waals surface area contributed by atoms with Crippen molar-refractivity contribution in [3.05, 3.63) is 17.5 Å². The van der Waals surface area contributed by atoms with Gasteiger partial charge in [0.25, 0.3) is 0 Å². The quantitative estimate of drug-likeness (QED) is 0.846. The molecule has 1 heterocycles. The summed E-state index contributed by atoms with van der Waals surface area (Å²) in [5.41, 5.74) is -1.57. The molecule has 5 nitrogen and oxygen atoms in total. The predicted octanol–water partition coefficient (Wildman–Crippen LogP) is 1.47. The molecular formula is C10H13F3N2O3. The van der Waals surface area contributed by atoms with Crippen LogP contribution >= 0.6 is 0 Å². The monoisotopic (exact) mass is 266 g/mol. The number of carbonyl (C=O) groups is 1. The lowest BCUT2D eigenvalue weighted by Gasteiger charge is -2.11. The van der Waals surface area contributed by atoms with Crippen molar-refractivity contribution < 1.29 is 28.2 Å². The lowest BCUT2D eigenvalue weighted by molar-refractivity contribution is -0.144. The fraction of sp³-hybridized carbons (Fsp3) is 0.600. The molecule has 0 bridgehead atoms. The highest BCUT2D eigenvalue weighted by Crippen LogP contribution is 2.35. The van der Waals surface area contributed by atoms with Crippen LogP contribution in [0.4, 0.5) is 13.2 Å². The number of rotatable bonds is 5. The Bertz CT molecular complexity index is 428. The number of carboxylic acid groups (broad SMARTS) is 1. The third-order valence-electron chi connectivity index (χ3n) is 2.47. The van der Waals surface area contributed by atoms with E-state index < -0.39 is 23.8 Å². The van der Waals surface area contributed by atoms with Gasteiger partial charge < -0.3 is 10.2 Å². The third kappa shape index (κ3) is 3.00. The molecule has 0 spiro atoms. The molecule has 0 aliphatic heterocycles. The van der Waals surface area contributed by atoms with E-state index in [4.69, 9.17) is 10.2 Å². The van der Waals surface area contributed by atoms with Crippen LogP contribution in [0.1, 0.15) is 30.5 Å². The minimum absolute atomic E-state index is 0.0310. The van der Waals surface area contributed by atoms with E-state index in [9.17, 15) is 18.0 Å². The van der Waals surface area contributed by atoms with Crippen LogP contribution in [-0.2, 0) is 17.5 Å². The van der Waals surface area contributed by atoms with Crippen molar-refractivity contribution in [1.29, 1.82) is 0 Å². The van der Waals surface area contributed by atoms with E-state index in [1.807, 2.05) is 0 Å². The molecule has 0 amide bonds. The molecule has 0 radical (unpaired) electrons. The Morgan fingerprint density at radius 3 is 2.56 bits per heavy atom. The first-order valence-corrected chi connectivity index (χ1v) is 5.29. The van der Waals surface area contributed by atoms with E-state index in [0.717, 1.165) is 10.9 Å². The molecule has 1 atom stereocenters. The summed E-state index contributed by atoms with van der Waals surface area (Å²) in [6.45, 7) is 1.00. The van der Waals surface area contributed by atoms with Gasteiger partial charge in [-0.05, 0) is 6.42 Å². The maximum absolute atomic E-state index is 12.7. The average molecular weight is 266 g/mol. The van der Waals surface area contributed by atoms with Crippen molar-refractivity contribution in [2.45, 2.75) is 32.0 Å². The fourth-order valence-electron chi connectivity index (χ4n) is 1.66. The molecule has 0 saturated carbocycles. The van der Waals surface area contributed by atoms with E-state index in [1.165, 1.54) is 6.92 Å². The predicted molar refractivity (Wildman–Crippen MR) is 55.0 cm³/mol. The molecule has 1 unspecified atom stereocenters. The molecule has 0 fully saturated rings. The topological polar surface area (TPSA) is 75.3 Å². The number of hydrogen-bond acceptors (Lipinski definition) is 3. The first kappa shape index (κ1) is 14.5. The SMILES string of the molecule is CCC(C(=O)O)c1cn(CCO)nc1C(F)(F)F. The number of aliphatic hydroxyl groups is 1. The van der Waals surface area contributed by atoms with Crippen molar-refractivity contribution in [3.8, 4) is 0 Å². The summed E-state index contributed by atoms with van der Waals surface area (Å²) in [5.74, 6) is -2.58. The Hall–Kier alpha value is -1.57.